The van der Waals surface area contributed by atoms with Crippen LogP contribution in [-0.2, 0) is 20.2 Å². The minimum Gasteiger partial charge on any atom is -0.870 e. The quantitative estimate of drug-likeness (QED) is 0.144. The van der Waals surface area contributed by atoms with E-state index in [0.29, 0.717) is 0 Å². The molecule has 1 aromatic heterocycles. The summed E-state index contributed by atoms with van der Waals surface area (Å²) in [7, 11) is -9.23. The maximum atomic E-state index is 12.6. The summed E-state index contributed by atoms with van der Waals surface area (Å²) < 4.78 is 64.6. The summed E-state index contributed by atoms with van der Waals surface area (Å²) in [4.78, 5) is 2.68. The number of rotatable bonds is 6. The minimum absolute atomic E-state index is 0. The number of para-hydroxylation sites is 1. The smallest absolute Gasteiger partial charge is 0.870 e. The van der Waals surface area contributed by atoms with Gasteiger partial charge in [0.2, 0.25) is 0 Å². The van der Waals surface area contributed by atoms with Crippen molar-refractivity contribution in [3.63, 3.8) is 0 Å². The number of hydrogen-bond donors (Lipinski definition) is 2. The molecule has 0 amide bonds. The van der Waals surface area contributed by atoms with E-state index in [-0.39, 0.29) is 92.0 Å². The molecule has 184 valence electrons. The predicted octanol–water partition coefficient (Wildman–Crippen LogP) is -2.29. The summed E-state index contributed by atoms with van der Waals surface area (Å²) in [6.07, 6.45) is 0. The molecule has 0 bridgehead atoms. The molecule has 17 heteroatoms. The Kier molecular flexibility index (Phi) is 10.7. The van der Waals surface area contributed by atoms with Crippen LogP contribution in [0.15, 0.2) is 97.0 Å². The molecule has 0 unspecified atom stereocenters. The zero-order valence-corrected chi connectivity index (χ0v) is 25.4. The van der Waals surface area contributed by atoms with E-state index in [9.17, 15) is 31.6 Å². The topological polar surface area (TPSA) is 217 Å². The fourth-order valence-corrected chi connectivity index (χ4v) is 4.12. The molecular weight excluding hydrogens is 560 g/mol. The van der Waals surface area contributed by atoms with Crippen LogP contribution < -0.4 is 69.3 Å². The van der Waals surface area contributed by atoms with Gasteiger partial charge in [-0.05, 0) is 53.9 Å². The molecule has 38 heavy (non-hydrogen) atoms. The van der Waals surface area contributed by atoms with Gasteiger partial charge in [-0.3, -0.25) is 14.1 Å². The van der Waals surface area contributed by atoms with Crippen molar-refractivity contribution < 1.29 is 95.3 Å². The van der Waals surface area contributed by atoms with Crippen LogP contribution in [0.5, 0.6) is 11.6 Å². The van der Waals surface area contributed by atoms with Gasteiger partial charge < -0.3 is 10.2 Å². The molecule has 0 aliphatic heterocycles. The van der Waals surface area contributed by atoms with Crippen molar-refractivity contribution in [3.05, 3.63) is 66.7 Å². The summed E-state index contributed by atoms with van der Waals surface area (Å²) in [6.45, 7) is 0. The molecule has 0 atom stereocenters. The van der Waals surface area contributed by atoms with Crippen LogP contribution in [0.4, 0.5) is 22.7 Å². The number of fused-ring (bicyclic) bond motifs is 1. The Bertz CT molecular complexity index is 1760. The Morgan fingerprint density at radius 2 is 1.32 bits per heavy atom. The molecule has 4 aromatic rings. The van der Waals surface area contributed by atoms with Gasteiger partial charge in [0, 0.05) is 5.88 Å². The van der Waals surface area contributed by atoms with E-state index < -0.39 is 42.4 Å². The Morgan fingerprint density at radius 1 is 0.711 bits per heavy atom. The second-order valence-electron chi connectivity index (χ2n) is 7.11. The molecule has 0 aliphatic carbocycles. The fourth-order valence-electron chi connectivity index (χ4n) is 3.00. The Balaban J connectivity index is 0.00000253. The summed E-state index contributed by atoms with van der Waals surface area (Å²) >= 11 is 0. The van der Waals surface area contributed by atoms with E-state index in [0.717, 1.165) is 24.3 Å². The monoisotopic (exact) mass is 573 g/mol. The summed E-state index contributed by atoms with van der Waals surface area (Å²) in [6, 6.07) is 14.1. The first-order valence-electron chi connectivity index (χ1n) is 9.73. The Hall–Kier alpha value is -2.31. The summed E-state index contributed by atoms with van der Waals surface area (Å²) in [5, 5.41) is 39.8. The predicted molar refractivity (Wildman–Crippen MR) is 122 cm³/mol. The minimum atomic E-state index is -4.84. The number of aromatic nitrogens is 1. The molecule has 3 aromatic carbocycles. The van der Waals surface area contributed by atoms with Crippen molar-refractivity contribution in [2.45, 2.75) is 9.79 Å². The van der Waals surface area contributed by atoms with Crippen molar-refractivity contribution in [2.24, 2.45) is 20.5 Å². The van der Waals surface area contributed by atoms with Crippen molar-refractivity contribution in [1.82, 2.24) is 4.98 Å². The fraction of sp³-hybridized carbons (Fsp3) is 0. The van der Waals surface area contributed by atoms with Crippen LogP contribution in [0, 0.1) is 0 Å². The van der Waals surface area contributed by atoms with Gasteiger partial charge >= 0.3 is 59.1 Å². The van der Waals surface area contributed by atoms with Gasteiger partial charge in [0.25, 0.3) is 20.2 Å². The third-order valence-electron chi connectivity index (χ3n) is 4.68. The van der Waals surface area contributed by atoms with E-state index in [1.54, 1.807) is 12.1 Å². The third kappa shape index (κ3) is 7.41. The second-order valence-corrected chi connectivity index (χ2v) is 9.92. The number of nitrogens with zero attached hydrogens (tertiary/aromatic N) is 5. The zero-order chi connectivity index (χ0) is 26.1. The summed E-state index contributed by atoms with van der Waals surface area (Å²) in [5.74, 6) is -1.70. The Labute approximate surface area is 260 Å². The molecule has 1 heterocycles. The van der Waals surface area contributed by atoms with Crippen molar-refractivity contribution in [3.8, 4) is 11.6 Å². The average molecular weight is 573 g/mol. The molecule has 0 saturated heterocycles. The van der Waals surface area contributed by atoms with Gasteiger partial charge in [0.1, 0.15) is 10.6 Å². The van der Waals surface area contributed by atoms with Gasteiger partial charge in [-0.1, -0.05) is 23.9 Å². The first-order chi connectivity index (χ1) is 16.9. The van der Waals surface area contributed by atoms with Crippen molar-refractivity contribution in [2.75, 3.05) is 0 Å². The molecule has 0 aliphatic rings. The maximum absolute atomic E-state index is 12.6. The number of hydrogen-bond acceptors (Lipinski definition) is 11. The Morgan fingerprint density at radius 3 is 1.95 bits per heavy atom. The van der Waals surface area contributed by atoms with Crippen LogP contribution in [-0.4, -0.2) is 30.9 Å². The summed E-state index contributed by atoms with van der Waals surface area (Å²) in [5.41, 5.74) is -0.712. The molecule has 0 saturated carbocycles. The van der Waals surface area contributed by atoms with E-state index in [2.05, 4.69) is 25.4 Å². The van der Waals surface area contributed by atoms with Crippen molar-refractivity contribution in [1.29, 1.82) is 0 Å². The van der Waals surface area contributed by atoms with Crippen LogP contribution in [0.1, 0.15) is 0 Å². The normalized spacial score (nSPS) is 11.9. The average Bonchev–Trinajstić information content (AvgIpc) is 2.82. The molecule has 0 radical (unpaired) electrons. The van der Waals surface area contributed by atoms with Crippen LogP contribution in [0.2, 0.25) is 0 Å². The number of azo groups is 2. The van der Waals surface area contributed by atoms with Crippen LogP contribution in [0.3, 0.4) is 0 Å². The molecule has 0 fully saturated rings. The van der Waals surface area contributed by atoms with E-state index in [1.807, 2.05) is 0 Å². The van der Waals surface area contributed by atoms with Crippen LogP contribution in [0.25, 0.3) is 10.9 Å². The number of benzene rings is 3. The van der Waals surface area contributed by atoms with Gasteiger partial charge in [-0.2, -0.15) is 32.2 Å². The molecular formula is C21H13N5Na2O8S2. The van der Waals surface area contributed by atoms with E-state index in [1.165, 1.54) is 30.3 Å². The van der Waals surface area contributed by atoms with E-state index >= 15 is 0 Å². The third-order valence-corrected chi connectivity index (χ3v) is 6.43. The first-order valence-corrected chi connectivity index (χ1v) is 12.6. The van der Waals surface area contributed by atoms with Crippen LogP contribution >= 0.6 is 0 Å². The first kappa shape index (κ1) is 31.9. The molecule has 4 rings (SSSR count). The van der Waals surface area contributed by atoms with Gasteiger partial charge in [-0.25, -0.2) is 0 Å². The largest absolute Gasteiger partial charge is 1.00 e. The second kappa shape index (κ2) is 12.7. The maximum Gasteiger partial charge on any atom is 1.00 e. The van der Waals surface area contributed by atoms with E-state index in [4.69, 9.17) is 4.55 Å². The molecule has 13 nitrogen and oxygen atoms in total. The van der Waals surface area contributed by atoms with Crippen molar-refractivity contribution >= 4 is 53.9 Å². The van der Waals surface area contributed by atoms with Gasteiger partial charge in [-0.15, -0.1) is 5.11 Å². The number of pyridine rings is 1. The van der Waals surface area contributed by atoms with Gasteiger partial charge in [0.15, 0.2) is 0 Å². The molecule has 2 N–H and O–H groups in total. The zero-order valence-electron chi connectivity index (χ0n) is 19.7. The van der Waals surface area contributed by atoms with Gasteiger partial charge in [0.05, 0.1) is 27.5 Å². The molecule has 0 spiro atoms. The standard InChI is InChI=1S/C21H15N5O8S2.2Na/c27-20-15-3-1-2-4-16(15)22-21(28)19(20)26-25-17-10-7-13(11-18(17)36(32,33)34)24-23-12-5-8-14(9-6-12)35(29,30)31;;/h1-11H,(H2,22,27,28)(H,29,30,31)(H,32,33,34);;/q;2*+1/p-2. The SMILES string of the molecule is O=S(=O)(O)c1ccc(N=Nc2ccc(N=Nc3c([O-])nc4ccccc4c3[O-])c(S(=O)(=O)O)c2)cc1.[Na+].[Na+].